The van der Waals surface area contributed by atoms with Gasteiger partial charge in [0.25, 0.3) is 0 Å². The number of carbonyl (C=O) groups is 1. The molecule has 1 amide bonds. The van der Waals surface area contributed by atoms with E-state index in [1.54, 1.807) is 0 Å². The zero-order valence-corrected chi connectivity index (χ0v) is 8.91. The fourth-order valence-corrected chi connectivity index (χ4v) is 3.13. The van der Waals surface area contributed by atoms with Gasteiger partial charge in [0.15, 0.2) is 0 Å². The molecule has 2 rings (SSSR count). The molecule has 0 aromatic rings. The maximum Gasteiger partial charge on any atom is 0.234 e. The van der Waals surface area contributed by atoms with Crippen LogP contribution in [-0.4, -0.2) is 30.4 Å². The van der Waals surface area contributed by atoms with E-state index in [0.29, 0.717) is 0 Å². The van der Waals surface area contributed by atoms with Gasteiger partial charge in [-0.3, -0.25) is 9.69 Å². The third-order valence-electron chi connectivity index (χ3n) is 3.98. The van der Waals surface area contributed by atoms with Crippen molar-refractivity contribution in [2.75, 3.05) is 13.6 Å². The highest BCUT2D eigenvalue weighted by Gasteiger charge is 2.37. The number of nitrogens with zero attached hydrogens (tertiary/aromatic N) is 1. The Balaban J connectivity index is 2.03. The zero-order valence-electron chi connectivity index (χ0n) is 8.91. The van der Waals surface area contributed by atoms with Crippen molar-refractivity contribution in [3.63, 3.8) is 0 Å². The minimum Gasteiger partial charge on any atom is -0.368 e. The van der Waals surface area contributed by atoms with Crippen molar-refractivity contribution in [1.29, 1.82) is 0 Å². The molecule has 0 bridgehead atoms. The summed E-state index contributed by atoms with van der Waals surface area (Å²) in [6, 6.07) is -0.00523. The van der Waals surface area contributed by atoms with Crippen LogP contribution in [0.3, 0.4) is 0 Å². The molecule has 2 aliphatic rings. The summed E-state index contributed by atoms with van der Waals surface area (Å²) in [6.07, 6.45) is 6.37. The van der Waals surface area contributed by atoms with E-state index < -0.39 is 0 Å². The number of piperidine rings is 1. The quantitative estimate of drug-likeness (QED) is 0.679. The fourth-order valence-electron chi connectivity index (χ4n) is 3.13. The average Bonchev–Trinajstić information content (AvgIpc) is 2.16. The normalized spacial score (nSPS) is 39.1. The van der Waals surface area contributed by atoms with Gasteiger partial charge in [-0.05, 0) is 31.7 Å². The summed E-state index contributed by atoms with van der Waals surface area (Å²) >= 11 is 0. The molecular formula is C11H20N2O. The average molecular weight is 196 g/mol. The monoisotopic (exact) mass is 196 g/mol. The number of likely N-dealkylation sites (tertiary alicyclic amines) is 1. The molecule has 0 aromatic carbocycles. The summed E-state index contributed by atoms with van der Waals surface area (Å²) in [4.78, 5) is 13.4. The Hall–Kier alpha value is -0.570. The van der Waals surface area contributed by atoms with E-state index in [9.17, 15) is 4.79 Å². The van der Waals surface area contributed by atoms with Gasteiger partial charge >= 0.3 is 0 Å². The van der Waals surface area contributed by atoms with Crippen LogP contribution in [0.15, 0.2) is 0 Å². The number of carbonyl (C=O) groups excluding carboxylic acids is 1. The molecular weight excluding hydrogens is 176 g/mol. The number of hydrogen-bond donors (Lipinski definition) is 1. The van der Waals surface area contributed by atoms with Crippen LogP contribution in [0.5, 0.6) is 0 Å². The molecule has 3 nitrogen and oxygen atoms in total. The molecule has 3 unspecified atom stereocenters. The topological polar surface area (TPSA) is 46.3 Å². The Morgan fingerprint density at radius 2 is 1.93 bits per heavy atom. The third-order valence-corrected chi connectivity index (χ3v) is 3.98. The highest BCUT2D eigenvalue weighted by Crippen LogP contribution is 2.37. The smallest absolute Gasteiger partial charge is 0.234 e. The highest BCUT2D eigenvalue weighted by molar-refractivity contribution is 5.79. The predicted octanol–water partition coefficient (Wildman–Crippen LogP) is 0.982. The second kappa shape index (κ2) is 3.89. The Kier molecular flexibility index (Phi) is 2.77. The molecule has 1 aliphatic carbocycles. The molecule has 2 N–H and O–H groups in total. The van der Waals surface area contributed by atoms with Crippen molar-refractivity contribution in [3.05, 3.63) is 0 Å². The Bertz CT molecular complexity index is 229. The van der Waals surface area contributed by atoms with E-state index >= 15 is 0 Å². The van der Waals surface area contributed by atoms with Gasteiger partial charge in [0.2, 0.25) is 5.91 Å². The summed E-state index contributed by atoms with van der Waals surface area (Å²) in [5.41, 5.74) is 5.40. The highest BCUT2D eigenvalue weighted by atomic mass is 16.1. The molecule has 0 radical (unpaired) electrons. The summed E-state index contributed by atoms with van der Waals surface area (Å²) in [6.45, 7) is 1.07. The van der Waals surface area contributed by atoms with Crippen LogP contribution in [-0.2, 0) is 4.79 Å². The van der Waals surface area contributed by atoms with Gasteiger partial charge in [-0.2, -0.15) is 0 Å². The van der Waals surface area contributed by atoms with Gasteiger partial charge in [-0.1, -0.05) is 19.3 Å². The largest absolute Gasteiger partial charge is 0.368 e. The molecule has 1 heterocycles. The first-order valence-corrected chi connectivity index (χ1v) is 5.68. The lowest BCUT2D eigenvalue weighted by molar-refractivity contribution is -0.125. The zero-order chi connectivity index (χ0) is 10.1. The van der Waals surface area contributed by atoms with Crippen molar-refractivity contribution in [2.24, 2.45) is 17.6 Å². The van der Waals surface area contributed by atoms with Crippen molar-refractivity contribution < 1.29 is 4.79 Å². The van der Waals surface area contributed by atoms with Gasteiger partial charge in [-0.25, -0.2) is 0 Å². The SMILES string of the molecule is CN1CC2CCCCC2CC1C(N)=O. The molecule has 1 aliphatic heterocycles. The van der Waals surface area contributed by atoms with Gasteiger partial charge in [0.05, 0.1) is 6.04 Å². The van der Waals surface area contributed by atoms with E-state index in [0.717, 1.165) is 24.8 Å². The number of fused-ring (bicyclic) bond motifs is 1. The van der Waals surface area contributed by atoms with Gasteiger partial charge in [0, 0.05) is 6.54 Å². The Labute approximate surface area is 85.6 Å². The number of likely N-dealkylation sites (N-methyl/N-ethyl adjacent to an activating group) is 1. The van der Waals surface area contributed by atoms with E-state index in [4.69, 9.17) is 5.73 Å². The van der Waals surface area contributed by atoms with Crippen molar-refractivity contribution >= 4 is 5.91 Å². The van der Waals surface area contributed by atoms with Crippen LogP contribution < -0.4 is 5.73 Å². The fraction of sp³-hybridized carbons (Fsp3) is 0.909. The maximum atomic E-state index is 11.2. The first-order chi connectivity index (χ1) is 6.68. The van der Waals surface area contributed by atoms with Crippen LogP contribution in [0.1, 0.15) is 32.1 Å². The van der Waals surface area contributed by atoms with Gasteiger partial charge < -0.3 is 5.73 Å². The standard InChI is InChI=1S/C11H20N2O/c1-13-7-9-5-3-2-4-8(9)6-10(13)11(12)14/h8-10H,2-7H2,1H3,(H2,12,14). The molecule has 1 saturated carbocycles. The van der Waals surface area contributed by atoms with Crippen LogP contribution in [0.4, 0.5) is 0 Å². The molecule has 3 atom stereocenters. The molecule has 0 aromatic heterocycles. The second-order valence-electron chi connectivity index (χ2n) is 4.90. The predicted molar refractivity (Wildman–Crippen MR) is 55.7 cm³/mol. The molecule has 80 valence electrons. The van der Waals surface area contributed by atoms with Crippen LogP contribution in [0.2, 0.25) is 0 Å². The molecule has 2 fully saturated rings. The first kappa shape index (κ1) is 9.97. The minimum absolute atomic E-state index is 0.00523. The Morgan fingerprint density at radius 1 is 1.29 bits per heavy atom. The molecule has 14 heavy (non-hydrogen) atoms. The number of nitrogens with two attached hydrogens (primary N) is 1. The lowest BCUT2D eigenvalue weighted by atomic mass is 9.73. The van der Waals surface area contributed by atoms with E-state index in [1.807, 2.05) is 7.05 Å². The molecule has 3 heteroatoms. The Morgan fingerprint density at radius 3 is 2.57 bits per heavy atom. The number of rotatable bonds is 1. The van der Waals surface area contributed by atoms with Crippen LogP contribution in [0.25, 0.3) is 0 Å². The van der Waals surface area contributed by atoms with E-state index in [1.165, 1.54) is 25.7 Å². The number of hydrogen-bond acceptors (Lipinski definition) is 2. The van der Waals surface area contributed by atoms with Crippen molar-refractivity contribution in [3.8, 4) is 0 Å². The van der Waals surface area contributed by atoms with E-state index in [2.05, 4.69) is 4.90 Å². The summed E-state index contributed by atoms with van der Waals surface area (Å²) in [5, 5.41) is 0. The van der Waals surface area contributed by atoms with Crippen LogP contribution >= 0.6 is 0 Å². The van der Waals surface area contributed by atoms with Gasteiger partial charge in [0.1, 0.15) is 0 Å². The van der Waals surface area contributed by atoms with Crippen molar-refractivity contribution in [1.82, 2.24) is 4.90 Å². The summed E-state index contributed by atoms with van der Waals surface area (Å²) in [7, 11) is 2.03. The third kappa shape index (κ3) is 1.78. The molecule has 1 saturated heterocycles. The van der Waals surface area contributed by atoms with E-state index in [-0.39, 0.29) is 11.9 Å². The number of primary amides is 1. The number of amides is 1. The minimum atomic E-state index is -0.142. The second-order valence-corrected chi connectivity index (χ2v) is 4.90. The summed E-state index contributed by atoms with van der Waals surface area (Å²) < 4.78 is 0. The lowest BCUT2D eigenvalue weighted by Crippen LogP contribution is -2.51. The lowest BCUT2D eigenvalue weighted by Gasteiger charge is -2.43. The van der Waals surface area contributed by atoms with Gasteiger partial charge in [-0.15, -0.1) is 0 Å². The van der Waals surface area contributed by atoms with Crippen LogP contribution in [0, 0.1) is 11.8 Å². The summed E-state index contributed by atoms with van der Waals surface area (Å²) in [5.74, 6) is 1.44. The maximum absolute atomic E-state index is 11.2. The van der Waals surface area contributed by atoms with Crippen molar-refractivity contribution in [2.45, 2.75) is 38.1 Å². The molecule has 0 spiro atoms. The first-order valence-electron chi connectivity index (χ1n) is 5.68.